The van der Waals surface area contributed by atoms with Gasteiger partial charge in [-0.15, -0.1) is 0 Å². The molecule has 3 aromatic rings. The van der Waals surface area contributed by atoms with Crippen molar-refractivity contribution in [2.45, 2.75) is 19.8 Å². The van der Waals surface area contributed by atoms with Gasteiger partial charge in [0.2, 0.25) is 5.91 Å². The molecule has 0 aliphatic heterocycles. The smallest absolute Gasteiger partial charge is 0.248 e. The highest BCUT2D eigenvalue weighted by Crippen LogP contribution is 2.19. The largest absolute Gasteiger partial charge is 0.345 e. The van der Waals surface area contributed by atoms with Gasteiger partial charge in [0.05, 0.1) is 0 Å². The van der Waals surface area contributed by atoms with Gasteiger partial charge in [0.25, 0.3) is 0 Å². The zero-order valence-corrected chi connectivity index (χ0v) is 14.2. The minimum atomic E-state index is -0.109. The summed E-state index contributed by atoms with van der Waals surface area (Å²) in [5.74, 6) is 0.674. The fourth-order valence-electron chi connectivity index (χ4n) is 2.63. The number of anilines is 1. The molecule has 3 rings (SSSR count). The molecule has 1 aromatic heterocycles. The summed E-state index contributed by atoms with van der Waals surface area (Å²) in [6.07, 6.45) is 6.95. The van der Waals surface area contributed by atoms with Crippen LogP contribution in [0, 0.1) is 0 Å². The number of hydrogen-bond donors (Lipinski definition) is 2. The van der Waals surface area contributed by atoms with Crippen LogP contribution in [0.1, 0.15) is 18.9 Å². The third-order valence-corrected chi connectivity index (χ3v) is 3.93. The summed E-state index contributed by atoms with van der Waals surface area (Å²) in [6.45, 7) is 1.99. The Morgan fingerprint density at radius 3 is 2.76 bits per heavy atom. The van der Waals surface area contributed by atoms with Crippen LogP contribution in [0.3, 0.4) is 0 Å². The predicted molar refractivity (Wildman–Crippen MR) is 101 cm³/mol. The Kier molecular flexibility index (Phi) is 5.42. The molecule has 0 atom stereocenters. The molecule has 0 fully saturated rings. The van der Waals surface area contributed by atoms with E-state index in [0.29, 0.717) is 0 Å². The molecule has 25 heavy (non-hydrogen) atoms. The minimum absolute atomic E-state index is 0.109. The summed E-state index contributed by atoms with van der Waals surface area (Å²) in [7, 11) is 0. The Morgan fingerprint density at radius 2 is 2.00 bits per heavy atom. The molecule has 0 bridgehead atoms. The first-order valence-corrected chi connectivity index (χ1v) is 8.32. The first kappa shape index (κ1) is 16.7. The highest BCUT2D eigenvalue weighted by atomic mass is 16.1. The third-order valence-electron chi connectivity index (χ3n) is 3.93. The number of amides is 1. The molecular formula is C21H21N3O. The molecule has 4 nitrogen and oxygen atoms in total. The number of carbonyl (C=O) groups is 1. The number of H-pyrrole nitrogens is 1. The van der Waals surface area contributed by atoms with E-state index in [1.807, 2.05) is 49.4 Å². The van der Waals surface area contributed by atoms with E-state index in [-0.39, 0.29) is 5.91 Å². The number of nitrogens with zero attached hydrogens (tertiary/aromatic N) is 1. The molecule has 0 radical (unpaired) electrons. The van der Waals surface area contributed by atoms with Crippen LogP contribution in [-0.4, -0.2) is 15.9 Å². The van der Waals surface area contributed by atoms with Crippen molar-refractivity contribution in [2.24, 2.45) is 0 Å². The van der Waals surface area contributed by atoms with E-state index in [4.69, 9.17) is 0 Å². The maximum atomic E-state index is 12.2. The minimum Gasteiger partial charge on any atom is -0.345 e. The maximum absolute atomic E-state index is 12.2. The number of allylic oxidation sites excluding steroid dienone is 1. The second-order valence-electron chi connectivity index (χ2n) is 5.98. The highest BCUT2D eigenvalue weighted by Gasteiger charge is 2.04. The molecule has 126 valence electrons. The van der Waals surface area contributed by atoms with Crippen LogP contribution < -0.4 is 5.32 Å². The van der Waals surface area contributed by atoms with Crippen LogP contribution in [0.5, 0.6) is 0 Å². The average Bonchev–Trinajstić information content (AvgIpc) is 3.16. The molecule has 0 saturated carbocycles. The second kappa shape index (κ2) is 8.11. The number of hydrogen-bond acceptors (Lipinski definition) is 2. The molecule has 2 N–H and O–H groups in total. The topological polar surface area (TPSA) is 57.8 Å². The molecule has 0 spiro atoms. The van der Waals surface area contributed by atoms with Crippen molar-refractivity contribution in [3.05, 3.63) is 84.2 Å². The quantitative estimate of drug-likeness (QED) is 0.649. The van der Waals surface area contributed by atoms with Crippen molar-refractivity contribution in [1.29, 1.82) is 0 Å². The first-order valence-electron chi connectivity index (χ1n) is 8.32. The molecule has 0 aliphatic carbocycles. The van der Waals surface area contributed by atoms with Crippen molar-refractivity contribution in [3.8, 4) is 11.4 Å². The van der Waals surface area contributed by atoms with Gasteiger partial charge in [-0.3, -0.25) is 4.79 Å². The standard InChI is InChI=1S/C21H21N3O/c1-16(10-11-17-6-3-2-4-7-17)14-20(25)24-19-9-5-8-18(15-19)21-22-12-13-23-21/h2-9,12-15H,10-11H2,1H3,(H,22,23)(H,24,25)/b16-14+. The lowest BCUT2D eigenvalue weighted by Crippen LogP contribution is -2.09. The molecule has 2 aromatic carbocycles. The Hall–Kier alpha value is -3.14. The fraction of sp³-hybridized carbons (Fsp3) is 0.143. The van der Waals surface area contributed by atoms with E-state index < -0.39 is 0 Å². The summed E-state index contributed by atoms with van der Waals surface area (Å²) in [5.41, 5.74) is 4.03. The number of imidazole rings is 1. The third kappa shape index (κ3) is 4.91. The molecular weight excluding hydrogens is 310 g/mol. The summed E-state index contributed by atoms with van der Waals surface area (Å²) in [5, 5.41) is 2.92. The van der Waals surface area contributed by atoms with Gasteiger partial charge in [0.1, 0.15) is 5.82 Å². The van der Waals surface area contributed by atoms with Crippen molar-refractivity contribution < 1.29 is 4.79 Å². The van der Waals surface area contributed by atoms with E-state index in [2.05, 4.69) is 27.4 Å². The Morgan fingerprint density at radius 1 is 1.16 bits per heavy atom. The Balaban J connectivity index is 1.59. The van der Waals surface area contributed by atoms with E-state index in [0.717, 1.165) is 35.5 Å². The van der Waals surface area contributed by atoms with Gasteiger partial charge in [0, 0.05) is 29.7 Å². The van der Waals surface area contributed by atoms with Gasteiger partial charge in [-0.2, -0.15) is 0 Å². The van der Waals surface area contributed by atoms with Crippen LogP contribution in [0.15, 0.2) is 78.6 Å². The average molecular weight is 331 g/mol. The van der Waals surface area contributed by atoms with E-state index in [1.54, 1.807) is 18.5 Å². The fourth-order valence-corrected chi connectivity index (χ4v) is 2.63. The SMILES string of the molecule is C/C(=C\C(=O)Nc1cccc(-c2ncc[nH]2)c1)CCc1ccccc1. The number of nitrogens with one attached hydrogen (secondary N) is 2. The predicted octanol–water partition coefficient (Wildman–Crippen LogP) is 4.59. The van der Waals surface area contributed by atoms with Gasteiger partial charge >= 0.3 is 0 Å². The Bertz CT molecular complexity index is 852. The lowest BCUT2D eigenvalue weighted by atomic mass is 10.1. The van der Waals surface area contributed by atoms with Gasteiger partial charge in [-0.05, 0) is 37.5 Å². The van der Waals surface area contributed by atoms with Gasteiger partial charge in [0.15, 0.2) is 0 Å². The number of benzene rings is 2. The molecule has 0 aliphatic rings. The van der Waals surface area contributed by atoms with Gasteiger partial charge < -0.3 is 10.3 Å². The number of carbonyl (C=O) groups excluding carboxylic acids is 1. The van der Waals surface area contributed by atoms with Crippen molar-refractivity contribution >= 4 is 11.6 Å². The lowest BCUT2D eigenvalue weighted by Gasteiger charge is -2.06. The molecule has 0 saturated heterocycles. The first-order chi connectivity index (χ1) is 12.2. The zero-order chi connectivity index (χ0) is 17.5. The van der Waals surface area contributed by atoms with Gasteiger partial charge in [-0.1, -0.05) is 48.0 Å². The van der Waals surface area contributed by atoms with E-state index >= 15 is 0 Å². The summed E-state index contributed by atoms with van der Waals surface area (Å²) < 4.78 is 0. The van der Waals surface area contributed by atoms with E-state index in [9.17, 15) is 4.79 Å². The number of rotatable bonds is 6. The summed E-state index contributed by atoms with van der Waals surface area (Å²) in [6, 6.07) is 17.9. The van der Waals surface area contributed by atoms with Crippen LogP contribution >= 0.6 is 0 Å². The van der Waals surface area contributed by atoms with Crippen molar-refractivity contribution in [2.75, 3.05) is 5.32 Å². The summed E-state index contributed by atoms with van der Waals surface area (Å²) >= 11 is 0. The lowest BCUT2D eigenvalue weighted by molar-refractivity contribution is -0.112. The van der Waals surface area contributed by atoms with Gasteiger partial charge in [-0.25, -0.2) is 4.98 Å². The monoisotopic (exact) mass is 331 g/mol. The highest BCUT2D eigenvalue weighted by molar-refractivity contribution is 6.00. The number of aryl methyl sites for hydroxylation is 1. The molecule has 4 heteroatoms. The number of aromatic nitrogens is 2. The van der Waals surface area contributed by atoms with Crippen LogP contribution in [0.25, 0.3) is 11.4 Å². The maximum Gasteiger partial charge on any atom is 0.248 e. The second-order valence-corrected chi connectivity index (χ2v) is 5.98. The normalized spacial score (nSPS) is 11.3. The van der Waals surface area contributed by atoms with Crippen LogP contribution in [0.2, 0.25) is 0 Å². The van der Waals surface area contributed by atoms with Crippen molar-refractivity contribution in [3.63, 3.8) is 0 Å². The zero-order valence-electron chi connectivity index (χ0n) is 14.2. The van der Waals surface area contributed by atoms with Crippen LogP contribution in [0.4, 0.5) is 5.69 Å². The number of aromatic amines is 1. The summed E-state index contributed by atoms with van der Waals surface area (Å²) in [4.78, 5) is 19.5. The molecule has 1 heterocycles. The molecule has 0 unspecified atom stereocenters. The Labute approximate surface area is 147 Å². The van der Waals surface area contributed by atoms with Crippen molar-refractivity contribution in [1.82, 2.24) is 9.97 Å². The van der Waals surface area contributed by atoms with Crippen LogP contribution in [-0.2, 0) is 11.2 Å². The molecule has 1 amide bonds. The van der Waals surface area contributed by atoms with E-state index in [1.165, 1.54) is 5.56 Å².